The number of nitrogens with zero attached hydrogens (tertiary/aromatic N) is 5. The molecule has 0 unspecified atom stereocenters. The molecule has 7 nitrogen and oxygen atoms in total. The Labute approximate surface area is 114 Å². The standard InChI is InChI=1S/C13H11N5O2/c19-11(20)3-7-17-5-1-10(2-6-17)12-13-14-4-8-18(13)16-9-15-12/h1-2,4-6,8-9H,3,7H2/p+1. The summed E-state index contributed by atoms with van der Waals surface area (Å²) in [6.45, 7) is 0.443. The van der Waals surface area contributed by atoms with Gasteiger partial charge in [-0.25, -0.2) is 19.1 Å². The monoisotopic (exact) mass is 270 g/mol. The summed E-state index contributed by atoms with van der Waals surface area (Å²) in [4.78, 5) is 19.0. The summed E-state index contributed by atoms with van der Waals surface area (Å²) in [5.74, 6) is -0.809. The van der Waals surface area contributed by atoms with Gasteiger partial charge in [0.25, 0.3) is 0 Å². The molecular formula is C13H12N5O2+. The van der Waals surface area contributed by atoms with Crippen molar-refractivity contribution in [3.8, 4) is 11.3 Å². The molecule has 0 spiro atoms. The number of hydrogen-bond acceptors (Lipinski definition) is 4. The third kappa shape index (κ3) is 2.33. The maximum absolute atomic E-state index is 10.5. The van der Waals surface area contributed by atoms with Gasteiger partial charge in [0.15, 0.2) is 24.6 Å². The topological polar surface area (TPSA) is 84.3 Å². The number of aromatic nitrogens is 5. The lowest BCUT2D eigenvalue weighted by Crippen LogP contribution is -2.33. The first-order valence-electron chi connectivity index (χ1n) is 6.09. The van der Waals surface area contributed by atoms with Crippen molar-refractivity contribution in [1.29, 1.82) is 0 Å². The van der Waals surface area contributed by atoms with Gasteiger partial charge in [0.1, 0.15) is 18.4 Å². The van der Waals surface area contributed by atoms with Gasteiger partial charge in [-0.2, -0.15) is 5.10 Å². The van der Waals surface area contributed by atoms with Crippen LogP contribution in [0.2, 0.25) is 0 Å². The highest BCUT2D eigenvalue weighted by atomic mass is 16.4. The summed E-state index contributed by atoms with van der Waals surface area (Å²) in [5.41, 5.74) is 2.35. The molecule has 0 bridgehead atoms. The van der Waals surface area contributed by atoms with Crippen LogP contribution in [0, 0.1) is 0 Å². The molecule has 0 aromatic carbocycles. The first kappa shape index (κ1) is 12.2. The highest BCUT2D eigenvalue weighted by Gasteiger charge is 2.10. The fraction of sp³-hybridized carbons (Fsp3) is 0.154. The minimum Gasteiger partial charge on any atom is -0.481 e. The van der Waals surface area contributed by atoms with Crippen LogP contribution in [0.25, 0.3) is 16.9 Å². The number of carboxylic acid groups (broad SMARTS) is 1. The molecule has 0 aliphatic carbocycles. The molecule has 0 saturated heterocycles. The number of carboxylic acids is 1. The lowest BCUT2D eigenvalue weighted by atomic mass is 10.2. The van der Waals surface area contributed by atoms with Crippen LogP contribution in [0.5, 0.6) is 0 Å². The lowest BCUT2D eigenvalue weighted by molar-refractivity contribution is -0.695. The van der Waals surface area contributed by atoms with Gasteiger partial charge in [-0.1, -0.05) is 0 Å². The summed E-state index contributed by atoms with van der Waals surface area (Å²) in [6, 6.07) is 3.78. The van der Waals surface area contributed by atoms with Gasteiger partial charge in [0.05, 0.1) is 0 Å². The molecule has 0 saturated carbocycles. The van der Waals surface area contributed by atoms with Crippen molar-refractivity contribution in [3.63, 3.8) is 0 Å². The van der Waals surface area contributed by atoms with Crippen molar-refractivity contribution in [3.05, 3.63) is 43.2 Å². The highest BCUT2D eigenvalue weighted by Crippen LogP contribution is 2.18. The Hall–Kier alpha value is -2.83. The zero-order valence-corrected chi connectivity index (χ0v) is 10.5. The number of hydrogen-bond donors (Lipinski definition) is 1. The number of aliphatic carboxylic acids is 1. The number of carbonyl (C=O) groups is 1. The van der Waals surface area contributed by atoms with Crippen LogP contribution in [0.3, 0.4) is 0 Å². The Bertz CT molecular complexity index is 751. The molecule has 3 heterocycles. The maximum Gasteiger partial charge on any atom is 0.309 e. The molecule has 0 radical (unpaired) electrons. The van der Waals surface area contributed by atoms with E-state index in [2.05, 4.69) is 15.1 Å². The SMILES string of the molecule is O=C(O)CC[n+]1ccc(-c2ncnn3ccnc23)cc1. The van der Waals surface area contributed by atoms with Crippen LogP contribution in [0.4, 0.5) is 0 Å². The van der Waals surface area contributed by atoms with E-state index in [9.17, 15) is 4.79 Å². The van der Waals surface area contributed by atoms with Crippen molar-refractivity contribution < 1.29 is 14.5 Å². The van der Waals surface area contributed by atoms with E-state index in [0.717, 1.165) is 11.3 Å². The van der Waals surface area contributed by atoms with Crippen LogP contribution in [0.15, 0.2) is 43.2 Å². The molecule has 3 aromatic rings. The Morgan fingerprint density at radius 3 is 2.85 bits per heavy atom. The van der Waals surface area contributed by atoms with E-state index in [4.69, 9.17) is 5.11 Å². The first-order valence-corrected chi connectivity index (χ1v) is 6.09. The molecule has 3 rings (SSSR count). The van der Waals surface area contributed by atoms with E-state index in [1.165, 1.54) is 6.33 Å². The molecule has 100 valence electrons. The zero-order valence-electron chi connectivity index (χ0n) is 10.5. The fourth-order valence-electron chi connectivity index (χ4n) is 1.95. The van der Waals surface area contributed by atoms with Crippen LogP contribution in [-0.2, 0) is 11.3 Å². The Balaban J connectivity index is 1.91. The molecule has 0 aliphatic heterocycles. The Kier molecular flexibility index (Phi) is 3.08. The van der Waals surface area contributed by atoms with E-state index < -0.39 is 5.97 Å². The van der Waals surface area contributed by atoms with Crippen molar-refractivity contribution in [1.82, 2.24) is 19.6 Å². The summed E-state index contributed by atoms with van der Waals surface area (Å²) in [5, 5.41) is 12.7. The minimum atomic E-state index is -0.809. The number of fused-ring (bicyclic) bond motifs is 1. The number of pyridine rings is 1. The molecular weight excluding hydrogens is 258 g/mol. The van der Waals surface area contributed by atoms with Gasteiger partial charge in [0, 0.05) is 30.1 Å². The molecule has 0 fully saturated rings. The van der Waals surface area contributed by atoms with Crippen LogP contribution in [0.1, 0.15) is 6.42 Å². The Morgan fingerprint density at radius 1 is 1.30 bits per heavy atom. The largest absolute Gasteiger partial charge is 0.481 e. The van der Waals surface area contributed by atoms with Gasteiger partial charge in [-0.3, -0.25) is 4.79 Å². The molecule has 0 amide bonds. The maximum atomic E-state index is 10.5. The van der Waals surface area contributed by atoms with Crippen molar-refractivity contribution in [2.75, 3.05) is 0 Å². The van der Waals surface area contributed by atoms with Crippen molar-refractivity contribution in [2.45, 2.75) is 13.0 Å². The predicted octanol–water partition coefficient (Wildman–Crippen LogP) is 0.553. The highest BCUT2D eigenvalue weighted by molar-refractivity contribution is 5.72. The second-order valence-corrected chi connectivity index (χ2v) is 4.27. The third-order valence-electron chi connectivity index (χ3n) is 2.94. The van der Waals surface area contributed by atoms with Crippen LogP contribution >= 0.6 is 0 Å². The quantitative estimate of drug-likeness (QED) is 0.700. The predicted molar refractivity (Wildman–Crippen MR) is 68.7 cm³/mol. The van der Waals surface area contributed by atoms with Gasteiger partial charge < -0.3 is 5.11 Å². The summed E-state index contributed by atoms with van der Waals surface area (Å²) in [6.07, 6.45) is 8.68. The third-order valence-corrected chi connectivity index (χ3v) is 2.94. The number of aryl methyl sites for hydroxylation is 1. The zero-order chi connectivity index (χ0) is 13.9. The van der Waals surface area contributed by atoms with E-state index in [0.29, 0.717) is 12.2 Å². The van der Waals surface area contributed by atoms with Crippen LogP contribution < -0.4 is 4.57 Å². The molecule has 7 heteroatoms. The second-order valence-electron chi connectivity index (χ2n) is 4.27. The Morgan fingerprint density at radius 2 is 2.10 bits per heavy atom. The summed E-state index contributed by atoms with van der Waals surface area (Å²) < 4.78 is 3.48. The average Bonchev–Trinajstić information content (AvgIpc) is 2.94. The molecule has 20 heavy (non-hydrogen) atoms. The van der Waals surface area contributed by atoms with Crippen molar-refractivity contribution >= 4 is 11.6 Å². The van der Waals surface area contributed by atoms with Gasteiger partial charge in [0.2, 0.25) is 0 Å². The van der Waals surface area contributed by atoms with Crippen LogP contribution in [-0.4, -0.2) is 30.7 Å². The summed E-state index contributed by atoms with van der Waals surface area (Å²) >= 11 is 0. The van der Waals surface area contributed by atoms with Gasteiger partial charge in [-0.05, 0) is 0 Å². The van der Waals surface area contributed by atoms with E-state index in [-0.39, 0.29) is 6.42 Å². The van der Waals surface area contributed by atoms with Gasteiger partial charge in [-0.15, -0.1) is 0 Å². The van der Waals surface area contributed by atoms with Gasteiger partial charge >= 0.3 is 5.97 Å². The average molecular weight is 270 g/mol. The van der Waals surface area contributed by atoms with E-state index >= 15 is 0 Å². The van der Waals surface area contributed by atoms with E-state index in [1.807, 2.05) is 29.1 Å². The number of rotatable bonds is 4. The molecule has 0 atom stereocenters. The normalized spacial score (nSPS) is 10.8. The van der Waals surface area contributed by atoms with Crippen molar-refractivity contribution in [2.24, 2.45) is 0 Å². The molecule has 0 aliphatic rings. The lowest BCUT2D eigenvalue weighted by Gasteiger charge is -2.01. The van der Waals surface area contributed by atoms with E-state index in [1.54, 1.807) is 16.9 Å². The minimum absolute atomic E-state index is 0.0992. The molecule has 3 aromatic heterocycles. The second kappa shape index (κ2) is 5.04. The first-order chi connectivity index (χ1) is 9.74. The summed E-state index contributed by atoms with van der Waals surface area (Å²) in [7, 11) is 0. The smallest absolute Gasteiger partial charge is 0.309 e. The number of imidazole rings is 1. The molecule has 1 N–H and O–H groups in total. The fourth-order valence-corrected chi connectivity index (χ4v) is 1.95.